The largest absolute Gasteiger partial charge is 0.302 e. The number of benzene rings is 1. The van der Waals surface area contributed by atoms with Crippen LogP contribution in [0.1, 0.15) is 22.9 Å². The second-order valence-electron chi connectivity index (χ2n) is 3.58. The van der Waals surface area contributed by atoms with Crippen molar-refractivity contribution in [3.05, 3.63) is 35.1 Å². The lowest BCUT2D eigenvalue weighted by Gasteiger charge is -2.23. The molecule has 1 aliphatic rings. The summed E-state index contributed by atoms with van der Waals surface area (Å²) in [6, 6.07) is 5.30. The normalized spacial score (nSPS) is 22.3. The highest BCUT2D eigenvalue weighted by Crippen LogP contribution is 2.31. The topological polar surface area (TPSA) is 12.0 Å². The van der Waals surface area contributed by atoms with Crippen LogP contribution in [0.5, 0.6) is 0 Å². The molecule has 1 heterocycles. The second-order valence-corrected chi connectivity index (χ2v) is 4.80. The zero-order chi connectivity index (χ0) is 9.97. The van der Waals surface area contributed by atoms with Gasteiger partial charge in [0.15, 0.2) is 0 Å². The summed E-state index contributed by atoms with van der Waals surface area (Å²) >= 11 is 1.79. The SMILES string of the molecule is Cc1ccc(F)c(C2NCCCS2)c1. The van der Waals surface area contributed by atoms with Gasteiger partial charge in [0, 0.05) is 5.56 Å². The quantitative estimate of drug-likeness (QED) is 0.766. The Morgan fingerprint density at radius 2 is 2.36 bits per heavy atom. The van der Waals surface area contributed by atoms with Crippen molar-refractivity contribution in [3.8, 4) is 0 Å². The van der Waals surface area contributed by atoms with E-state index in [1.165, 1.54) is 6.42 Å². The minimum atomic E-state index is -0.0949. The van der Waals surface area contributed by atoms with Gasteiger partial charge in [-0.05, 0) is 31.7 Å². The number of thioether (sulfide) groups is 1. The molecule has 1 aromatic carbocycles. The van der Waals surface area contributed by atoms with E-state index >= 15 is 0 Å². The molecule has 0 spiro atoms. The van der Waals surface area contributed by atoms with E-state index in [4.69, 9.17) is 0 Å². The van der Waals surface area contributed by atoms with Crippen LogP contribution in [0.25, 0.3) is 0 Å². The summed E-state index contributed by atoms with van der Waals surface area (Å²) in [6.07, 6.45) is 1.18. The lowest BCUT2D eigenvalue weighted by molar-refractivity contribution is 0.573. The van der Waals surface area contributed by atoms with Gasteiger partial charge in [-0.25, -0.2) is 4.39 Å². The summed E-state index contributed by atoms with van der Waals surface area (Å²) in [5.41, 5.74) is 1.92. The lowest BCUT2D eigenvalue weighted by atomic mass is 10.1. The highest BCUT2D eigenvalue weighted by Gasteiger charge is 2.18. The van der Waals surface area contributed by atoms with Crippen molar-refractivity contribution in [2.75, 3.05) is 12.3 Å². The van der Waals surface area contributed by atoms with Gasteiger partial charge in [-0.3, -0.25) is 0 Å². The Balaban J connectivity index is 2.24. The van der Waals surface area contributed by atoms with E-state index in [1.807, 2.05) is 19.1 Å². The average molecular weight is 211 g/mol. The molecule has 1 saturated heterocycles. The van der Waals surface area contributed by atoms with Crippen LogP contribution in [0.3, 0.4) is 0 Å². The van der Waals surface area contributed by atoms with Crippen LogP contribution in [-0.4, -0.2) is 12.3 Å². The van der Waals surface area contributed by atoms with Gasteiger partial charge >= 0.3 is 0 Å². The first-order chi connectivity index (χ1) is 6.77. The molecule has 1 nitrogen and oxygen atoms in total. The standard InChI is InChI=1S/C11H14FNS/c1-8-3-4-10(12)9(7-8)11-13-5-2-6-14-11/h3-4,7,11,13H,2,5-6H2,1H3. The summed E-state index contributed by atoms with van der Waals surface area (Å²) in [5, 5.41) is 3.47. The van der Waals surface area contributed by atoms with E-state index in [9.17, 15) is 4.39 Å². The van der Waals surface area contributed by atoms with E-state index in [1.54, 1.807) is 17.8 Å². The van der Waals surface area contributed by atoms with Crippen LogP contribution in [-0.2, 0) is 0 Å². The first-order valence-corrected chi connectivity index (χ1v) is 5.93. The number of hydrogen-bond acceptors (Lipinski definition) is 2. The number of nitrogens with one attached hydrogen (secondary N) is 1. The summed E-state index contributed by atoms with van der Waals surface area (Å²) in [7, 11) is 0. The Morgan fingerprint density at radius 3 is 3.07 bits per heavy atom. The Kier molecular flexibility index (Phi) is 3.08. The van der Waals surface area contributed by atoms with Crippen molar-refractivity contribution in [2.45, 2.75) is 18.7 Å². The number of rotatable bonds is 1. The molecule has 3 heteroatoms. The fourth-order valence-electron chi connectivity index (χ4n) is 1.63. The van der Waals surface area contributed by atoms with Crippen LogP contribution in [0.2, 0.25) is 0 Å². The van der Waals surface area contributed by atoms with E-state index < -0.39 is 0 Å². The summed E-state index contributed by atoms with van der Waals surface area (Å²) < 4.78 is 13.5. The third-order valence-electron chi connectivity index (χ3n) is 2.37. The van der Waals surface area contributed by atoms with Gasteiger partial charge in [0.2, 0.25) is 0 Å². The summed E-state index contributed by atoms with van der Waals surface area (Å²) in [6.45, 7) is 2.99. The first-order valence-electron chi connectivity index (χ1n) is 4.88. The molecule has 2 rings (SSSR count). The third kappa shape index (κ3) is 2.10. The van der Waals surface area contributed by atoms with Gasteiger partial charge in [-0.2, -0.15) is 0 Å². The van der Waals surface area contributed by atoms with Crippen LogP contribution >= 0.6 is 11.8 Å². The van der Waals surface area contributed by atoms with Gasteiger partial charge in [0.05, 0.1) is 5.37 Å². The molecule has 14 heavy (non-hydrogen) atoms. The third-order valence-corrected chi connectivity index (χ3v) is 3.65. The van der Waals surface area contributed by atoms with E-state index in [-0.39, 0.29) is 11.2 Å². The molecule has 1 fully saturated rings. The number of aryl methyl sites for hydroxylation is 1. The highest BCUT2D eigenvalue weighted by atomic mass is 32.2. The Bertz CT molecular complexity index is 321. The molecule has 0 radical (unpaired) electrons. The van der Waals surface area contributed by atoms with Gasteiger partial charge < -0.3 is 5.32 Å². The fraction of sp³-hybridized carbons (Fsp3) is 0.455. The predicted octanol–water partition coefficient (Wildman–Crippen LogP) is 2.86. The molecule has 1 N–H and O–H groups in total. The van der Waals surface area contributed by atoms with E-state index in [0.29, 0.717) is 0 Å². The maximum atomic E-state index is 13.5. The number of hydrogen-bond donors (Lipinski definition) is 1. The Labute approximate surface area is 88.1 Å². The van der Waals surface area contributed by atoms with Gasteiger partial charge in [0.25, 0.3) is 0 Å². The second kappa shape index (κ2) is 4.32. The van der Waals surface area contributed by atoms with Crippen molar-refractivity contribution < 1.29 is 4.39 Å². The maximum absolute atomic E-state index is 13.5. The Morgan fingerprint density at radius 1 is 1.50 bits per heavy atom. The molecule has 0 aliphatic carbocycles. The zero-order valence-electron chi connectivity index (χ0n) is 8.22. The van der Waals surface area contributed by atoms with E-state index in [0.717, 1.165) is 23.4 Å². The maximum Gasteiger partial charge on any atom is 0.128 e. The predicted molar refractivity (Wildman–Crippen MR) is 59.0 cm³/mol. The molecule has 1 unspecified atom stereocenters. The molecule has 0 amide bonds. The van der Waals surface area contributed by atoms with E-state index in [2.05, 4.69) is 5.32 Å². The lowest BCUT2D eigenvalue weighted by Crippen LogP contribution is -2.25. The molecular weight excluding hydrogens is 197 g/mol. The zero-order valence-corrected chi connectivity index (χ0v) is 9.03. The Hall–Kier alpha value is -0.540. The molecule has 1 aromatic rings. The fourth-order valence-corrected chi connectivity index (χ4v) is 2.77. The molecule has 0 aromatic heterocycles. The monoisotopic (exact) mass is 211 g/mol. The smallest absolute Gasteiger partial charge is 0.128 e. The van der Waals surface area contributed by atoms with Gasteiger partial charge in [-0.15, -0.1) is 11.8 Å². The van der Waals surface area contributed by atoms with Gasteiger partial charge in [0.1, 0.15) is 5.82 Å². The van der Waals surface area contributed by atoms with Gasteiger partial charge in [-0.1, -0.05) is 17.7 Å². The van der Waals surface area contributed by atoms with Crippen LogP contribution < -0.4 is 5.32 Å². The number of halogens is 1. The summed E-state index contributed by atoms with van der Waals surface area (Å²) in [5.74, 6) is 1.02. The van der Waals surface area contributed by atoms with Crippen molar-refractivity contribution in [1.82, 2.24) is 5.32 Å². The van der Waals surface area contributed by atoms with Crippen molar-refractivity contribution in [1.29, 1.82) is 0 Å². The van der Waals surface area contributed by atoms with Crippen LogP contribution in [0.15, 0.2) is 18.2 Å². The minimum Gasteiger partial charge on any atom is -0.302 e. The molecule has 1 aliphatic heterocycles. The first kappa shape index (κ1) is 9.99. The summed E-state index contributed by atoms with van der Waals surface area (Å²) in [4.78, 5) is 0. The van der Waals surface area contributed by atoms with Crippen LogP contribution in [0.4, 0.5) is 4.39 Å². The average Bonchev–Trinajstić information content (AvgIpc) is 2.23. The van der Waals surface area contributed by atoms with Crippen molar-refractivity contribution >= 4 is 11.8 Å². The molecule has 0 saturated carbocycles. The van der Waals surface area contributed by atoms with Crippen LogP contribution in [0, 0.1) is 12.7 Å². The van der Waals surface area contributed by atoms with Crippen molar-refractivity contribution in [2.24, 2.45) is 0 Å². The highest BCUT2D eigenvalue weighted by molar-refractivity contribution is 7.99. The molecule has 0 bridgehead atoms. The van der Waals surface area contributed by atoms with Crippen molar-refractivity contribution in [3.63, 3.8) is 0 Å². The molecule has 1 atom stereocenters. The molecular formula is C11H14FNS. The molecule has 76 valence electrons. The minimum absolute atomic E-state index is 0.0949.